The summed E-state index contributed by atoms with van der Waals surface area (Å²) in [4.78, 5) is 1.00. The van der Waals surface area contributed by atoms with E-state index in [9.17, 15) is 4.39 Å². The third kappa shape index (κ3) is 4.02. The molecule has 102 valence electrons. The number of ether oxygens (including phenoxy) is 1. The first-order chi connectivity index (χ1) is 8.95. The van der Waals surface area contributed by atoms with E-state index in [1.807, 2.05) is 18.4 Å². The van der Waals surface area contributed by atoms with Crippen LogP contribution in [0.1, 0.15) is 17.9 Å². The van der Waals surface area contributed by atoms with Crippen molar-refractivity contribution in [2.75, 3.05) is 0 Å². The Hall–Kier alpha value is -0.430. The van der Waals surface area contributed by atoms with Crippen LogP contribution in [0.5, 0.6) is 5.75 Å². The lowest BCUT2D eigenvalue weighted by atomic mass is 10.1. The topological polar surface area (TPSA) is 35.2 Å². The van der Waals surface area contributed by atoms with Crippen molar-refractivity contribution < 1.29 is 9.13 Å². The smallest absolute Gasteiger partial charge is 0.148 e. The molecule has 1 aromatic heterocycles. The Kier molecular flexibility index (Phi) is 5.00. The van der Waals surface area contributed by atoms with Crippen molar-refractivity contribution >= 4 is 43.2 Å². The highest BCUT2D eigenvalue weighted by Crippen LogP contribution is 2.32. The number of hydrogen-bond acceptors (Lipinski definition) is 3. The summed E-state index contributed by atoms with van der Waals surface area (Å²) in [6, 6.07) is 6.22. The van der Waals surface area contributed by atoms with E-state index in [0.717, 1.165) is 9.35 Å². The summed E-state index contributed by atoms with van der Waals surface area (Å²) in [6.07, 6.45) is -0.301. The first kappa shape index (κ1) is 15.0. The van der Waals surface area contributed by atoms with Crippen LogP contribution in [0.15, 0.2) is 38.6 Å². The molecule has 6 heteroatoms. The molecule has 0 spiro atoms. The first-order valence-electron chi connectivity index (χ1n) is 5.58. The molecule has 2 rings (SSSR count). The molecule has 0 saturated carbocycles. The van der Waals surface area contributed by atoms with Crippen LogP contribution in [0, 0.1) is 5.82 Å². The Bertz CT molecular complexity index is 553. The Labute approximate surface area is 132 Å². The first-order valence-corrected chi connectivity index (χ1v) is 8.04. The summed E-state index contributed by atoms with van der Waals surface area (Å²) in [7, 11) is 0. The number of halogens is 3. The third-order valence-electron chi connectivity index (χ3n) is 2.44. The zero-order valence-corrected chi connectivity index (χ0v) is 14.1. The number of benzene rings is 1. The van der Waals surface area contributed by atoms with E-state index in [4.69, 9.17) is 10.5 Å². The lowest BCUT2D eigenvalue weighted by Gasteiger charge is -2.21. The van der Waals surface area contributed by atoms with Gasteiger partial charge in [0.25, 0.3) is 0 Å². The molecule has 0 saturated heterocycles. The summed E-state index contributed by atoms with van der Waals surface area (Å²) < 4.78 is 20.8. The molecule has 2 N–H and O–H groups in total. The van der Waals surface area contributed by atoms with E-state index in [2.05, 4.69) is 31.9 Å². The third-order valence-corrected chi connectivity index (χ3v) is 4.66. The van der Waals surface area contributed by atoms with Gasteiger partial charge in [-0.25, -0.2) is 4.39 Å². The fourth-order valence-corrected chi connectivity index (χ4v) is 3.68. The molecular weight excluding hydrogens is 397 g/mol. The van der Waals surface area contributed by atoms with Gasteiger partial charge >= 0.3 is 0 Å². The summed E-state index contributed by atoms with van der Waals surface area (Å²) in [5.74, 6) is 0.110. The maximum absolute atomic E-state index is 13.3. The maximum atomic E-state index is 13.3. The molecule has 2 nitrogen and oxygen atoms in total. The van der Waals surface area contributed by atoms with Crippen molar-refractivity contribution in [2.24, 2.45) is 5.73 Å². The van der Waals surface area contributed by atoms with Gasteiger partial charge in [-0.05, 0) is 41.1 Å². The van der Waals surface area contributed by atoms with Crippen LogP contribution in [0.25, 0.3) is 0 Å². The van der Waals surface area contributed by atoms with Gasteiger partial charge in [0, 0.05) is 31.3 Å². The summed E-state index contributed by atoms with van der Waals surface area (Å²) in [6.45, 7) is 1.87. The molecular formula is C13H12Br2FNOS. The summed E-state index contributed by atoms with van der Waals surface area (Å²) in [5, 5.41) is 1.97. The fourth-order valence-electron chi connectivity index (χ4n) is 1.65. The number of rotatable bonds is 4. The van der Waals surface area contributed by atoms with Gasteiger partial charge in [-0.1, -0.05) is 15.9 Å². The molecule has 2 unspecified atom stereocenters. The van der Waals surface area contributed by atoms with E-state index >= 15 is 0 Å². The van der Waals surface area contributed by atoms with Crippen molar-refractivity contribution in [3.63, 3.8) is 0 Å². The average molecular weight is 409 g/mol. The van der Waals surface area contributed by atoms with Gasteiger partial charge in [-0.2, -0.15) is 0 Å². The molecule has 1 heterocycles. The largest absolute Gasteiger partial charge is 0.483 e. The number of thiophene rings is 1. The van der Waals surface area contributed by atoms with Crippen molar-refractivity contribution in [1.29, 1.82) is 0 Å². The van der Waals surface area contributed by atoms with E-state index in [1.165, 1.54) is 12.1 Å². The average Bonchev–Trinajstić information content (AvgIpc) is 2.70. The van der Waals surface area contributed by atoms with Crippen LogP contribution in [-0.2, 0) is 0 Å². The zero-order valence-electron chi connectivity index (χ0n) is 10.1. The predicted octanol–water partition coefficient (Wildman–Crippen LogP) is 4.88. The molecule has 0 radical (unpaired) electrons. The monoisotopic (exact) mass is 407 g/mol. The highest BCUT2D eigenvalue weighted by atomic mass is 79.9. The van der Waals surface area contributed by atoms with Crippen LogP contribution >= 0.6 is 43.2 Å². The van der Waals surface area contributed by atoms with Gasteiger partial charge in [0.05, 0.1) is 0 Å². The van der Waals surface area contributed by atoms with Gasteiger partial charge < -0.3 is 10.5 Å². The van der Waals surface area contributed by atoms with Crippen molar-refractivity contribution in [3.05, 3.63) is 49.3 Å². The Balaban J connectivity index is 2.26. The normalized spacial score (nSPS) is 14.2. The van der Waals surface area contributed by atoms with Crippen molar-refractivity contribution in [3.8, 4) is 5.75 Å². The molecule has 0 fully saturated rings. The lowest BCUT2D eigenvalue weighted by Crippen LogP contribution is -2.28. The van der Waals surface area contributed by atoms with E-state index in [0.29, 0.717) is 10.2 Å². The molecule has 2 atom stereocenters. The van der Waals surface area contributed by atoms with Gasteiger partial charge in [-0.3, -0.25) is 0 Å². The SMILES string of the molecule is CC(N)C(Oc1cc(F)cc(Br)c1)c1cc(Br)cs1. The molecule has 0 aliphatic carbocycles. The lowest BCUT2D eigenvalue weighted by molar-refractivity contribution is 0.183. The van der Waals surface area contributed by atoms with Gasteiger partial charge in [0.2, 0.25) is 0 Å². The second-order valence-corrected chi connectivity index (χ2v) is 6.94. The molecule has 0 amide bonds. The minimum absolute atomic E-state index is 0.201. The Morgan fingerprint density at radius 1 is 1.21 bits per heavy atom. The Morgan fingerprint density at radius 2 is 1.95 bits per heavy atom. The van der Waals surface area contributed by atoms with Crippen LogP contribution in [0.3, 0.4) is 0 Å². The molecule has 19 heavy (non-hydrogen) atoms. The molecule has 1 aromatic carbocycles. The fraction of sp³-hybridized carbons (Fsp3) is 0.231. The van der Waals surface area contributed by atoms with Gasteiger partial charge in [-0.15, -0.1) is 11.3 Å². The Morgan fingerprint density at radius 3 is 2.47 bits per heavy atom. The minimum Gasteiger partial charge on any atom is -0.483 e. The standard InChI is InChI=1S/C13H12Br2FNOS/c1-7(17)13(12-4-9(15)6-19-12)18-11-3-8(14)2-10(16)5-11/h2-7,13H,17H2,1H3. The summed E-state index contributed by atoms with van der Waals surface area (Å²) in [5.41, 5.74) is 5.96. The quantitative estimate of drug-likeness (QED) is 0.782. The number of hydrogen-bond donors (Lipinski definition) is 1. The van der Waals surface area contributed by atoms with Crippen LogP contribution in [0.4, 0.5) is 4.39 Å². The minimum atomic E-state index is -0.347. The highest BCUT2D eigenvalue weighted by Gasteiger charge is 2.20. The summed E-state index contributed by atoms with van der Waals surface area (Å²) >= 11 is 8.21. The van der Waals surface area contributed by atoms with Crippen molar-refractivity contribution in [2.45, 2.75) is 19.1 Å². The van der Waals surface area contributed by atoms with E-state index < -0.39 is 0 Å². The second kappa shape index (κ2) is 6.35. The molecule has 2 aromatic rings. The maximum Gasteiger partial charge on any atom is 0.148 e. The number of nitrogens with two attached hydrogens (primary N) is 1. The van der Waals surface area contributed by atoms with Gasteiger partial charge in [0.15, 0.2) is 0 Å². The zero-order chi connectivity index (χ0) is 14.0. The highest BCUT2D eigenvalue weighted by molar-refractivity contribution is 9.10. The second-order valence-electron chi connectivity index (χ2n) is 4.17. The van der Waals surface area contributed by atoms with E-state index in [-0.39, 0.29) is 18.0 Å². The van der Waals surface area contributed by atoms with E-state index in [1.54, 1.807) is 17.4 Å². The van der Waals surface area contributed by atoms with Crippen molar-refractivity contribution in [1.82, 2.24) is 0 Å². The predicted molar refractivity (Wildman–Crippen MR) is 83.1 cm³/mol. The molecule has 0 aliphatic rings. The van der Waals surface area contributed by atoms with Gasteiger partial charge in [0.1, 0.15) is 17.7 Å². The van der Waals surface area contributed by atoms with Crippen LogP contribution < -0.4 is 10.5 Å². The molecule has 0 aliphatic heterocycles. The van der Waals surface area contributed by atoms with Crippen LogP contribution in [-0.4, -0.2) is 6.04 Å². The van der Waals surface area contributed by atoms with Crippen LogP contribution in [0.2, 0.25) is 0 Å². The molecule has 0 bridgehead atoms.